The van der Waals surface area contributed by atoms with E-state index < -0.39 is 6.03 Å². The third-order valence-corrected chi connectivity index (χ3v) is 5.10. The van der Waals surface area contributed by atoms with Crippen LogP contribution in [0, 0.1) is 5.82 Å². The topological polar surface area (TPSA) is 96.5 Å². The van der Waals surface area contributed by atoms with E-state index in [0.29, 0.717) is 28.7 Å². The average Bonchev–Trinajstić information content (AvgIpc) is 3.22. The Balaban J connectivity index is 1.54. The van der Waals surface area contributed by atoms with E-state index in [-0.39, 0.29) is 30.5 Å². The Kier molecular flexibility index (Phi) is 8.09. The molecule has 0 aliphatic rings. The van der Waals surface area contributed by atoms with Gasteiger partial charge in [-0.1, -0.05) is 19.1 Å². The van der Waals surface area contributed by atoms with Crippen LogP contribution in [0.4, 0.5) is 14.3 Å². The van der Waals surface area contributed by atoms with E-state index in [1.807, 2.05) is 6.92 Å². The van der Waals surface area contributed by atoms with Crippen LogP contribution in [0.25, 0.3) is 0 Å². The second-order valence-corrected chi connectivity index (χ2v) is 7.80. The number of anilines is 1. The van der Waals surface area contributed by atoms with Crippen LogP contribution in [-0.2, 0) is 13.1 Å². The minimum Gasteiger partial charge on any atom is -0.491 e. The molecule has 1 aromatic carbocycles. The first-order valence-electron chi connectivity index (χ1n) is 10.0. The van der Waals surface area contributed by atoms with Crippen LogP contribution in [0.3, 0.4) is 0 Å². The summed E-state index contributed by atoms with van der Waals surface area (Å²) in [6.07, 6.45) is 2.37. The number of hydrogen-bond donors (Lipinski definition) is 2. The predicted octanol–water partition coefficient (Wildman–Crippen LogP) is 4.06. The van der Waals surface area contributed by atoms with Crippen LogP contribution >= 0.6 is 11.3 Å². The van der Waals surface area contributed by atoms with Crippen molar-refractivity contribution in [3.8, 4) is 5.75 Å². The molecule has 3 rings (SSSR count). The van der Waals surface area contributed by atoms with E-state index in [9.17, 15) is 14.0 Å². The Bertz CT molecular complexity index is 1070. The van der Waals surface area contributed by atoms with Gasteiger partial charge in [-0.3, -0.25) is 10.1 Å². The molecule has 0 atom stereocenters. The lowest BCUT2D eigenvalue weighted by molar-refractivity contribution is 0.0773. The number of nitrogens with zero attached hydrogens (tertiary/aromatic N) is 3. The van der Waals surface area contributed by atoms with Crippen LogP contribution < -0.4 is 15.4 Å². The summed E-state index contributed by atoms with van der Waals surface area (Å²) >= 11 is 1.24. The van der Waals surface area contributed by atoms with Gasteiger partial charge in [-0.15, -0.1) is 11.3 Å². The fourth-order valence-corrected chi connectivity index (χ4v) is 3.48. The van der Waals surface area contributed by atoms with Crippen LogP contribution in [-0.4, -0.2) is 40.5 Å². The summed E-state index contributed by atoms with van der Waals surface area (Å²) in [6.45, 7) is 2.91. The lowest BCUT2D eigenvalue weighted by Crippen LogP contribution is -2.28. The van der Waals surface area contributed by atoms with Gasteiger partial charge in [0.15, 0.2) is 16.6 Å². The van der Waals surface area contributed by atoms with Crippen LogP contribution in [0.5, 0.6) is 5.75 Å². The van der Waals surface area contributed by atoms with E-state index >= 15 is 0 Å². The molecule has 0 unspecified atom stereocenters. The Morgan fingerprint density at radius 2 is 2.09 bits per heavy atom. The fraction of sp³-hybridized carbons (Fsp3) is 0.273. The number of pyridine rings is 1. The van der Waals surface area contributed by atoms with Crippen molar-refractivity contribution in [1.29, 1.82) is 0 Å². The van der Waals surface area contributed by atoms with E-state index in [1.54, 1.807) is 42.9 Å². The number of halogens is 1. The van der Waals surface area contributed by atoms with E-state index in [2.05, 4.69) is 20.6 Å². The molecule has 2 aromatic heterocycles. The highest BCUT2D eigenvalue weighted by molar-refractivity contribution is 7.13. The van der Waals surface area contributed by atoms with Gasteiger partial charge < -0.3 is 15.0 Å². The highest BCUT2D eigenvalue weighted by Gasteiger charge is 2.19. The van der Waals surface area contributed by atoms with Crippen molar-refractivity contribution in [1.82, 2.24) is 20.2 Å². The molecule has 10 heteroatoms. The molecule has 3 aromatic rings. The summed E-state index contributed by atoms with van der Waals surface area (Å²) < 4.78 is 18.8. The molecule has 0 radical (unpaired) electrons. The Labute approximate surface area is 189 Å². The van der Waals surface area contributed by atoms with E-state index in [4.69, 9.17) is 4.74 Å². The third kappa shape index (κ3) is 6.48. The third-order valence-electron chi connectivity index (χ3n) is 4.30. The van der Waals surface area contributed by atoms with Gasteiger partial charge in [0.25, 0.3) is 5.91 Å². The molecular weight excluding hydrogens is 433 g/mol. The largest absolute Gasteiger partial charge is 0.491 e. The zero-order chi connectivity index (χ0) is 22.9. The summed E-state index contributed by atoms with van der Waals surface area (Å²) in [4.78, 5) is 34.9. The number of carbonyl (C=O) groups excluding carboxylic acids is 2. The highest BCUT2D eigenvalue weighted by atomic mass is 32.1. The van der Waals surface area contributed by atoms with Gasteiger partial charge >= 0.3 is 6.03 Å². The van der Waals surface area contributed by atoms with Gasteiger partial charge in [-0.25, -0.2) is 19.2 Å². The second-order valence-electron chi connectivity index (χ2n) is 6.94. The van der Waals surface area contributed by atoms with Crippen LogP contribution in [0.15, 0.2) is 48.0 Å². The monoisotopic (exact) mass is 457 g/mol. The number of rotatable bonds is 9. The summed E-state index contributed by atoms with van der Waals surface area (Å²) in [5, 5.41) is 7.45. The molecule has 0 fully saturated rings. The van der Waals surface area contributed by atoms with Gasteiger partial charge in [0.1, 0.15) is 5.82 Å². The molecule has 32 heavy (non-hydrogen) atoms. The fourth-order valence-electron chi connectivity index (χ4n) is 2.78. The molecule has 168 valence electrons. The highest BCUT2D eigenvalue weighted by Crippen LogP contribution is 2.20. The maximum Gasteiger partial charge on any atom is 0.321 e. The van der Waals surface area contributed by atoms with Gasteiger partial charge in [-0.2, -0.15) is 0 Å². The number of nitrogens with one attached hydrogen (secondary N) is 2. The minimum absolute atomic E-state index is 0.186. The van der Waals surface area contributed by atoms with Crippen molar-refractivity contribution in [3.05, 3.63) is 70.7 Å². The Morgan fingerprint density at radius 3 is 2.88 bits per heavy atom. The number of ether oxygens (including phenoxy) is 1. The van der Waals surface area contributed by atoms with Crippen LogP contribution in [0.1, 0.15) is 35.1 Å². The first-order chi connectivity index (χ1) is 15.5. The van der Waals surface area contributed by atoms with Crippen molar-refractivity contribution >= 4 is 28.4 Å². The lowest BCUT2D eigenvalue weighted by atomic mass is 10.2. The molecule has 0 bridgehead atoms. The van der Waals surface area contributed by atoms with Crippen molar-refractivity contribution < 1.29 is 18.7 Å². The van der Waals surface area contributed by atoms with Crippen molar-refractivity contribution in [2.45, 2.75) is 26.4 Å². The maximum atomic E-state index is 13.2. The Morgan fingerprint density at radius 1 is 1.25 bits per heavy atom. The molecule has 0 spiro atoms. The van der Waals surface area contributed by atoms with Crippen molar-refractivity contribution in [2.24, 2.45) is 0 Å². The molecule has 2 N–H and O–H groups in total. The standard InChI is InChI=1S/C22H24FN5O3S/c1-3-10-31-18-8-5-9-24-19(18)20(29)28(2)13-17-14-32-22(26-17)27-21(30)25-12-15-6-4-7-16(23)11-15/h4-9,11,14H,3,10,12-13H2,1-2H3,(H2,25,26,27,30). The van der Waals surface area contributed by atoms with Gasteiger partial charge in [0.2, 0.25) is 0 Å². The van der Waals surface area contributed by atoms with Crippen LogP contribution in [0.2, 0.25) is 0 Å². The molecule has 2 heterocycles. The smallest absolute Gasteiger partial charge is 0.321 e. The van der Waals surface area contributed by atoms with Gasteiger partial charge in [0, 0.05) is 25.2 Å². The van der Waals surface area contributed by atoms with Crippen molar-refractivity contribution in [2.75, 3.05) is 19.0 Å². The van der Waals surface area contributed by atoms with Gasteiger partial charge in [0.05, 0.1) is 18.8 Å². The molecule has 0 saturated carbocycles. The minimum atomic E-state index is -0.453. The van der Waals surface area contributed by atoms with E-state index in [0.717, 1.165) is 6.42 Å². The number of carbonyl (C=O) groups is 2. The molecule has 0 saturated heterocycles. The number of hydrogen-bond acceptors (Lipinski definition) is 6. The summed E-state index contributed by atoms with van der Waals surface area (Å²) in [5.41, 5.74) is 1.52. The van der Waals surface area contributed by atoms with Gasteiger partial charge in [-0.05, 0) is 36.2 Å². The zero-order valence-corrected chi connectivity index (χ0v) is 18.6. The normalized spacial score (nSPS) is 10.5. The number of urea groups is 1. The average molecular weight is 458 g/mol. The molecule has 8 nitrogen and oxygen atoms in total. The molecular formula is C22H24FN5O3S. The number of aromatic nitrogens is 2. The summed E-state index contributed by atoms with van der Waals surface area (Å²) in [7, 11) is 1.65. The zero-order valence-electron chi connectivity index (χ0n) is 17.8. The first kappa shape index (κ1) is 23.1. The summed E-state index contributed by atoms with van der Waals surface area (Å²) in [6, 6.07) is 8.99. The van der Waals surface area contributed by atoms with E-state index in [1.165, 1.54) is 28.4 Å². The number of thiazole rings is 1. The second kappa shape index (κ2) is 11.2. The van der Waals surface area contributed by atoms with Crippen molar-refractivity contribution in [3.63, 3.8) is 0 Å². The number of amides is 3. The molecule has 0 aliphatic heterocycles. The predicted molar refractivity (Wildman–Crippen MR) is 120 cm³/mol. The summed E-state index contributed by atoms with van der Waals surface area (Å²) in [5.74, 6) is -0.198. The lowest BCUT2D eigenvalue weighted by Gasteiger charge is -2.17. The Hall–Kier alpha value is -3.53. The SMILES string of the molecule is CCCOc1cccnc1C(=O)N(C)Cc1csc(NC(=O)NCc2cccc(F)c2)n1. The molecule has 0 aliphatic carbocycles. The maximum absolute atomic E-state index is 13.2. The number of benzene rings is 1. The molecule has 3 amide bonds. The first-order valence-corrected chi connectivity index (χ1v) is 10.9. The quantitative estimate of drug-likeness (QED) is 0.505.